The van der Waals surface area contributed by atoms with Crippen molar-refractivity contribution in [1.82, 2.24) is 0 Å². The van der Waals surface area contributed by atoms with E-state index in [2.05, 4.69) is 4.90 Å². The van der Waals surface area contributed by atoms with E-state index in [1.807, 2.05) is 13.0 Å². The van der Waals surface area contributed by atoms with Crippen molar-refractivity contribution >= 4 is 5.69 Å². The van der Waals surface area contributed by atoms with Crippen molar-refractivity contribution in [3.63, 3.8) is 0 Å². The zero-order valence-corrected chi connectivity index (χ0v) is 12.3. The summed E-state index contributed by atoms with van der Waals surface area (Å²) in [5.74, 6) is 0. The van der Waals surface area contributed by atoms with Crippen molar-refractivity contribution in [2.24, 2.45) is 0 Å². The van der Waals surface area contributed by atoms with Gasteiger partial charge in [-0.25, -0.2) is 0 Å². The highest BCUT2D eigenvalue weighted by molar-refractivity contribution is 5.49. The fraction of sp³-hybridized carbons (Fsp3) is 0.500. The largest absolute Gasteiger partial charge is 0.416 e. The van der Waals surface area contributed by atoms with Gasteiger partial charge in [-0.05, 0) is 50.1 Å². The second-order valence-corrected chi connectivity index (χ2v) is 5.56. The van der Waals surface area contributed by atoms with Crippen LogP contribution in [-0.2, 0) is 15.7 Å². The van der Waals surface area contributed by atoms with E-state index < -0.39 is 11.7 Å². The molecule has 3 nitrogen and oxygen atoms in total. The predicted molar refractivity (Wildman–Crippen MR) is 76.4 cm³/mol. The molecule has 1 aromatic carbocycles. The predicted octanol–water partition coefficient (Wildman–Crippen LogP) is 3.95. The molecule has 0 unspecified atom stereocenters. The Bertz CT molecular complexity index is 538. The van der Waals surface area contributed by atoms with Crippen LogP contribution in [0.25, 0.3) is 0 Å². The summed E-state index contributed by atoms with van der Waals surface area (Å²) in [6.07, 6.45) is -0.894. The van der Waals surface area contributed by atoms with E-state index >= 15 is 0 Å². The maximum atomic E-state index is 12.6. The summed E-state index contributed by atoms with van der Waals surface area (Å²) in [6.45, 7) is 3.43. The summed E-state index contributed by atoms with van der Waals surface area (Å²) in [5, 5.41) is 0. The Hall–Kier alpha value is -1.53. The molecule has 0 atom stereocenters. The van der Waals surface area contributed by atoms with E-state index in [0.29, 0.717) is 0 Å². The maximum absolute atomic E-state index is 12.6. The number of hydrogen-bond donors (Lipinski definition) is 0. The Kier molecular flexibility index (Phi) is 4.14. The maximum Gasteiger partial charge on any atom is 0.416 e. The van der Waals surface area contributed by atoms with Gasteiger partial charge >= 0.3 is 6.18 Å². The van der Waals surface area contributed by atoms with Crippen LogP contribution >= 0.6 is 0 Å². The molecule has 3 rings (SSSR count). The van der Waals surface area contributed by atoms with Gasteiger partial charge in [0.1, 0.15) is 0 Å². The SMILES string of the molecule is CC1OC(C=C2CCN(c3ccc(C(F)(F)F)cc3)CC2)O1. The van der Waals surface area contributed by atoms with Crippen LogP contribution in [0.1, 0.15) is 25.3 Å². The lowest BCUT2D eigenvalue weighted by atomic mass is 10.0. The number of alkyl halides is 3. The van der Waals surface area contributed by atoms with Gasteiger partial charge in [0.15, 0.2) is 12.6 Å². The number of anilines is 1. The molecular weight excluding hydrogens is 295 g/mol. The van der Waals surface area contributed by atoms with Gasteiger partial charge in [0, 0.05) is 18.8 Å². The summed E-state index contributed by atoms with van der Waals surface area (Å²) in [5.41, 5.74) is 1.50. The van der Waals surface area contributed by atoms with Crippen LogP contribution in [0.5, 0.6) is 0 Å². The smallest absolute Gasteiger partial charge is 0.371 e. The fourth-order valence-corrected chi connectivity index (χ4v) is 2.74. The lowest BCUT2D eigenvalue weighted by Gasteiger charge is -2.34. The van der Waals surface area contributed by atoms with E-state index in [1.165, 1.54) is 17.7 Å². The molecule has 2 aliphatic rings. The van der Waals surface area contributed by atoms with Gasteiger partial charge in [-0.15, -0.1) is 0 Å². The van der Waals surface area contributed by atoms with Crippen LogP contribution in [-0.4, -0.2) is 25.7 Å². The highest BCUT2D eigenvalue weighted by Crippen LogP contribution is 2.31. The van der Waals surface area contributed by atoms with Gasteiger partial charge in [0.2, 0.25) is 0 Å². The summed E-state index contributed by atoms with van der Waals surface area (Å²) >= 11 is 0. The van der Waals surface area contributed by atoms with Crippen LogP contribution < -0.4 is 4.90 Å². The van der Waals surface area contributed by atoms with Gasteiger partial charge in [0.05, 0.1) is 5.56 Å². The number of benzene rings is 1. The van der Waals surface area contributed by atoms with Gasteiger partial charge in [0.25, 0.3) is 0 Å². The number of hydrogen-bond acceptors (Lipinski definition) is 3. The molecule has 2 fully saturated rings. The zero-order valence-electron chi connectivity index (χ0n) is 12.3. The molecule has 0 aliphatic carbocycles. The lowest BCUT2D eigenvalue weighted by molar-refractivity contribution is -0.354. The fourth-order valence-electron chi connectivity index (χ4n) is 2.74. The molecule has 0 spiro atoms. The monoisotopic (exact) mass is 313 g/mol. The van der Waals surface area contributed by atoms with Gasteiger partial charge in [-0.3, -0.25) is 0 Å². The molecule has 2 aliphatic heterocycles. The van der Waals surface area contributed by atoms with Crippen LogP contribution in [0, 0.1) is 0 Å². The number of piperidine rings is 1. The molecule has 22 heavy (non-hydrogen) atoms. The Morgan fingerprint density at radius 3 is 2.18 bits per heavy atom. The van der Waals surface area contributed by atoms with Crippen molar-refractivity contribution in [1.29, 1.82) is 0 Å². The minimum Gasteiger partial charge on any atom is -0.371 e. The Morgan fingerprint density at radius 1 is 1.09 bits per heavy atom. The first-order valence-electron chi connectivity index (χ1n) is 7.34. The molecule has 0 amide bonds. The van der Waals surface area contributed by atoms with Gasteiger partial charge in [-0.1, -0.05) is 5.57 Å². The third kappa shape index (κ3) is 3.44. The van der Waals surface area contributed by atoms with Crippen LogP contribution in [0.4, 0.5) is 18.9 Å². The number of ether oxygens (including phenoxy) is 2. The third-order valence-corrected chi connectivity index (χ3v) is 3.99. The average molecular weight is 313 g/mol. The zero-order chi connectivity index (χ0) is 15.7. The highest BCUT2D eigenvalue weighted by Gasteiger charge is 2.30. The molecule has 0 saturated carbocycles. The molecule has 120 valence electrons. The Balaban J connectivity index is 1.57. The summed E-state index contributed by atoms with van der Waals surface area (Å²) in [7, 11) is 0. The van der Waals surface area contributed by atoms with E-state index in [1.54, 1.807) is 0 Å². The van der Waals surface area contributed by atoms with E-state index in [9.17, 15) is 13.2 Å². The topological polar surface area (TPSA) is 21.7 Å². The Morgan fingerprint density at radius 2 is 1.68 bits per heavy atom. The van der Waals surface area contributed by atoms with Crippen LogP contribution in [0.3, 0.4) is 0 Å². The van der Waals surface area contributed by atoms with E-state index in [0.717, 1.165) is 43.8 Å². The minimum atomic E-state index is -4.28. The number of rotatable bonds is 2. The lowest BCUT2D eigenvalue weighted by Crippen LogP contribution is -2.38. The Labute approximate surface area is 127 Å². The second-order valence-electron chi connectivity index (χ2n) is 5.56. The second kappa shape index (κ2) is 5.93. The van der Waals surface area contributed by atoms with Crippen molar-refractivity contribution < 1.29 is 22.6 Å². The number of nitrogens with zero attached hydrogens (tertiary/aromatic N) is 1. The molecule has 0 N–H and O–H groups in total. The standard InChI is InChI=1S/C16H18F3NO2/c1-11-21-15(22-11)10-12-6-8-20(9-7-12)14-4-2-13(3-5-14)16(17,18)19/h2-5,10-11,15H,6-9H2,1H3. The molecule has 6 heteroatoms. The average Bonchev–Trinajstić information content (AvgIpc) is 2.46. The molecule has 0 aromatic heterocycles. The van der Waals surface area contributed by atoms with E-state index in [4.69, 9.17) is 9.47 Å². The van der Waals surface area contributed by atoms with Crippen molar-refractivity contribution in [3.8, 4) is 0 Å². The van der Waals surface area contributed by atoms with E-state index in [-0.39, 0.29) is 12.6 Å². The van der Waals surface area contributed by atoms with Crippen LogP contribution in [0.15, 0.2) is 35.9 Å². The van der Waals surface area contributed by atoms with Gasteiger partial charge < -0.3 is 14.4 Å². The summed E-state index contributed by atoms with van der Waals surface area (Å²) < 4.78 is 48.4. The van der Waals surface area contributed by atoms with Crippen molar-refractivity contribution in [3.05, 3.63) is 41.5 Å². The molecule has 2 saturated heterocycles. The van der Waals surface area contributed by atoms with Crippen molar-refractivity contribution in [2.45, 2.75) is 38.5 Å². The van der Waals surface area contributed by atoms with Gasteiger partial charge in [-0.2, -0.15) is 13.2 Å². The summed E-state index contributed by atoms with van der Waals surface area (Å²) in [6, 6.07) is 5.35. The summed E-state index contributed by atoms with van der Waals surface area (Å²) in [4.78, 5) is 2.10. The molecular formula is C16H18F3NO2. The minimum absolute atomic E-state index is 0.130. The first-order valence-corrected chi connectivity index (χ1v) is 7.34. The quantitative estimate of drug-likeness (QED) is 0.772. The first-order chi connectivity index (χ1) is 10.4. The highest BCUT2D eigenvalue weighted by atomic mass is 19.4. The van der Waals surface area contributed by atoms with Crippen LogP contribution in [0.2, 0.25) is 0 Å². The van der Waals surface area contributed by atoms with Crippen molar-refractivity contribution in [2.75, 3.05) is 18.0 Å². The molecule has 0 radical (unpaired) electrons. The molecule has 2 heterocycles. The third-order valence-electron chi connectivity index (χ3n) is 3.99. The molecule has 1 aromatic rings. The number of halogens is 3. The normalized spacial score (nSPS) is 25.8. The first kappa shape index (κ1) is 15.4. The molecule has 0 bridgehead atoms.